The molecule has 1 aromatic heterocycles. The second-order valence-electron chi connectivity index (χ2n) is 8.57. The van der Waals surface area contributed by atoms with Gasteiger partial charge in [-0.25, -0.2) is 4.79 Å². The number of nitrogens with zero attached hydrogens (tertiary/aromatic N) is 3. The molecule has 3 N–H and O–H groups in total. The van der Waals surface area contributed by atoms with Crippen molar-refractivity contribution in [3.63, 3.8) is 0 Å². The highest BCUT2D eigenvalue weighted by molar-refractivity contribution is 7.99. The Morgan fingerprint density at radius 1 is 1.05 bits per heavy atom. The molecule has 0 aliphatic carbocycles. The van der Waals surface area contributed by atoms with Gasteiger partial charge in [-0.1, -0.05) is 25.6 Å². The summed E-state index contributed by atoms with van der Waals surface area (Å²) in [6, 6.07) is 10.5. The summed E-state index contributed by atoms with van der Waals surface area (Å²) in [7, 11) is 0. The van der Waals surface area contributed by atoms with Gasteiger partial charge in [0.05, 0.1) is 17.4 Å². The number of fused-ring (bicyclic) bond motifs is 1. The van der Waals surface area contributed by atoms with Crippen molar-refractivity contribution >= 4 is 35.2 Å². The predicted octanol–water partition coefficient (Wildman–Crippen LogP) is 3.58. The van der Waals surface area contributed by atoms with Crippen LogP contribution in [0.2, 0.25) is 0 Å². The number of benzene rings is 2. The smallest absolute Gasteiger partial charge is 0.335 e. The first-order valence-corrected chi connectivity index (χ1v) is 12.6. The summed E-state index contributed by atoms with van der Waals surface area (Å²) in [5, 5.41) is 24.0. The van der Waals surface area contributed by atoms with E-state index in [-0.39, 0.29) is 35.8 Å². The van der Waals surface area contributed by atoms with Gasteiger partial charge in [0.25, 0.3) is 5.91 Å². The van der Waals surface area contributed by atoms with Gasteiger partial charge in [0, 0.05) is 17.8 Å². The van der Waals surface area contributed by atoms with Crippen molar-refractivity contribution in [2.24, 2.45) is 5.92 Å². The number of nitrogens with one attached hydrogen (secondary N) is 2. The molecule has 1 aliphatic heterocycles. The van der Waals surface area contributed by atoms with Gasteiger partial charge < -0.3 is 29.8 Å². The van der Waals surface area contributed by atoms with E-state index in [2.05, 4.69) is 20.8 Å². The van der Waals surface area contributed by atoms with E-state index in [4.69, 9.17) is 14.6 Å². The van der Waals surface area contributed by atoms with Gasteiger partial charge in [0.1, 0.15) is 0 Å². The largest absolute Gasteiger partial charge is 0.478 e. The molecule has 0 saturated carbocycles. The molecule has 3 aromatic rings. The van der Waals surface area contributed by atoms with E-state index < -0.39 is 12.0 Å². The molecule has 194 valence electrons. The molecule has 4 rings (SSSR count). The van der Waals surface area contributed by atoms with Crippen LogP contribution in [0.4, 0.5) is 5.69 Å². The van der Waals surface area contributed by atoms with E-state index in [1.54, 1.807) is 18.2 Å². The third kappa shape index (κ3) is 6.02. The van der Waals surface area contributed by atoms with Crippen LogP contribution in [-0.2, 0) is 11.3 Å². The molecule has 37 heavy (non-hydrogen) atoms. The van der Waals surface area contributed by atoms with Gasteiger partial charge in [-0.2, -0.15) is 0 Å². The van der Waals surface area contributed by atoms with Crippen LogP contribution in [0, 0.1) is 5.92 Å². The van der Waals surface area contributed by atoms with E-state index in [1.807, 2.05) is 25.3 Å². The van der Waals surface area contributed by atoms with Crippen molar-refractivity contribution in [2.45, 2.75) is 38.5 Å². The van der Waals surface area contributed by atoms with Crippen LogP contribution < -0.4 is 20.1 Å². The summed E-state index contributed by atoms with van der Waals surface area (Å²) in [6.45, 7) is 6.58. The Hall–Kier alpha value is -4.06. The highest BCUT2D eigenvalue weighted by Gasteiger charge is 2.27. The van der Waals surface area contributed by atoms with Gasteiger partial charge in [0.15, 0.2) is 22.5 Å². The Morgan fingerprint density at radius 2 is 1.76 bits per heavy atom. The van der Waals surface area contributed by atoms with Crippen molar-refractivity contribution in [1.82, 2.24) is 20.1 Å². The number of carboxylic acid groups (broad SMARTS) is 1. The van der Waals surface area contributed by atoms with E-state index >= 15 is 0 Å². The molecule has 0 spiro atoms. The minimum Gasteiger partial charge on any atom is -0.478 e. The lowest BCUT2D eigenvalue weighted by atomic mass is 10.0. The van der Waals surface area contributed by atoms with Gasteiger partial charge in [-0.3, -0.25) is 9.59 Å². The number of hydrogen-bond acceptors (Lipinski definition) is 8. The van der Waals surface area contributed by atoms with Gasteiger partial charge in [0.2, 0.25) is 12.7 Å². The average molecular weight is 526 g/mol. The lowest BCUT2D eigenvalue weighted by Crippen LogP contribution is -2.33. The van der Waals surface area contributed by atoms with Crippen LogP contribution in [-0.4, -0.2) is 50.2 Å². The van der Waals surface area contributed by atoms with Gasteiger partial charge >= 0.3 is 5.97 Å². The third-order valence-electron chi connectivity index (χ3n) is 5.68. The fraction of sp³-hybridized carbons (Fsp3) is 0.320. The molecule has 0 fully saturated rings. The van der Waals surface area contributed by atoms with E-state index in [9.17, 15) is 14.4 Å². The summed E-state index contributed by atoms with van der Waals surface area (Å²) >= 11 is 1.23. The van der Waals surface area contributed by atoms with Crippen LogP contribution in [0.25, 0.3) is 0 Å². The topological polar surface area (TPSA) is 145 Å². The van der Waals surface area contributed by atoms with Crippen LogP contribution in [0.3, 0.4) is 0 Å². The molecule has 1 aliphatic rings. The number of thioether (sulfide) groups is 1. The highest BCUT2D eigenvalue weighted by atomic mass is 32.2. The Bertz CT molecular complexity index is 1310. The van der Waals surface area contributed by atoms with Crippen LogP contribution >= 0.6 is 11.8 Å². The number of ether oxygens (including phenoxy) is 2. The van der Waals surface area contributed by atoms with Gasteiger partial charge in [-0.05, 0) is 55.3 Å². The zero-order chi connectivity index (χ0) is 26.5. The molecule has 11 nitrogen and oxygen atoms in total. The summed E-state index contributed by atoms with van der Waals surface area (Å²) < 4.78 is 12.6. The zero-order valence-electron chi connectivity index (χ0n) is 20.6. The number of carbonyl (C=O) groups is 3. The van der Waals surface area contributed by atoms with Crippen molar-refractivity contribution in [3.8, 4) is 11.5 Å². The normalized spacial score (nSPS) is 12.9. The number of aromatic nitrogens is 3. The van der Waals surface area contributed by atoms with Crippen molar-refractivity contribution < 1.29 is 29.0 Å². The standard InChI is InChI=1S/C25H27N5O6S/c1-4-30-22(21(14(2)3)27-23(32)16-7-10-18-19(11-16)36-13-35-18)28-29-25(30)37-12-20(31)26-17-8-5-15(6-9-17)24(33)34/h5-11,14,21H,4,12-13H2,1-3H3,(H,26,31)(H,27,32)(H,33,34). The first-order valence-electron chi connectivity index (χ1n) is 11.7. The first-order chi connectivity index (χ1) is 17.8. The Balaban J connectivity index is 1.42. The number of aromatic carboxylic acids is 1. The molecule has 0 saturated heterocycles. The quantitative estimate of drug-likeness (QED) is 0.338. The molecule has 1 atom stereocenters. The molecule has 12 heteroatoms. The Kier molecular flexibility index (Phi) is 7.97. The number of hydrogen-bond donors (Lipinski definition) is 3. The maximum atomic E-state index is 13.0. The second-order valence-corrected chi connectivity index (χ2v) is 9.51. The van der Waals surface area contributed by atoms with E-state index in [0.717, 1.165) is 0 Å². The summed E-state index contributed by atoms with van der Waals surface area (Å²) in [5.74, 6) is 0.248. The number of rotatable bonds is 10. The molecule has 0 bridgehead atoms. The highest BCUT2D eigenvalue weighted by Crippen LogP contribution is 2.33. The molecule has 1 unspecified atom stereocenters. The molecule has 2 aromatic carbocycles. The maximum absolute atomic E-state index is 13.0. The van der Waals surface area contributed by atoms with Gasteiger partial charge in [-0.15, -0.1) is 10.2 Å². The fourth-order valence-corrected chi connectivity index (χ4v) is 4.56. The minimum atomic E-state index is -1.03. The Labute approximate surface area is 217 Å². The molecule has 2 heterocycles. The van der Waals surface area contributed by atoms with Crippen molar-refractivity contribution in [1.29, 1.82) is 0 Å². The first kappa shape index (κ1) is 26.0. The summed E-state index contributed by atoms with van der Waals surface area (Å²) in [6.07, 6.45) is 0. The Morgan fingerprint density at radius 3 is 2.43 bits per heavy atom. The van der Waals surface area contributed by atoms with Crippen LogP contribution in [0.15, 0.2) is 47.6 Å². The number of carbonyl (C=O) groups excluding carboxylic acids is 2. The monoisotopic (exact) mass is 525 g/mol. The minimum absolute atomic E-state index is 0.0161. The lowest BCUT2D eigenvalue weighted by molar-refractivity contribution is -0.113. The van der Waals surface area contributed by atoms with Crippen molar-refractivity contribution in [3.05, 3.63) is 59.4 Å². The third-order valence-corrected chi connectivity index (χ3v) is 6.64. The summed E-state index contributed by atoms with van der Waals surface area (Å²) in [5.41, 5.74) is 1.08. The predicted molar refractivity (Wildman–Crippen MR) is 136 cm³/mol. The lowest BCUT2D eigenvalue weighted by Gasteiger charge is -2.22. The number of anilines is 1. The fourth-order valence-electron chi connectivity index (χ4n) is 3.75. The molecule has 2 amide bonds. The maximum Gasteiger partial charge on any atom is 0.335 e. The second kappa shape index (κ2) is 11.3. The zero-order valence-corrected chi connectivity index (χ0v) is 21.4. The van der Waals surface area contributed by atoms with Crippen LogP contribution in [0.5, 0.6) is 11.5 Å². The van der Waals surface area contributed by atoms with Crippen LogP contribution in [0.1, 0.15) is 53.4 Å². The van der Waals surface area contributed by atoms with E-state index in [1.165, 1.54) is 36.0 Å². The molecule has 0 radical (unpaired) electrons. The van der Waals surface area contributed by atoms with E-state index in [0.29, 0.717) is 40.3 Å². The SMILES string of the molecule is CCn1c(SCC(=O)Nc2ccc(C(=O)O)cc2)nnc1C(NC(=O)c1ccc2c(c1)OCO2)C(C)C. The average Bonchev–Trinajstić information content (AvgIpc) is 3.52. The number of amides is 2. The molecular formula is C25H27N5O6S. The van der Waals surface area contributed by atoms with Crippen molar-refractivity contribution in [2.75, 3.05) is 17.9 Å². The number of carboxylic acids is 1. The summed E-state index contributed by atoms with van der Waals surface area (Å²) in [4.78, 5) is 36.5. The molecular weight excluding hydrogens is 498 g/mol.